The van der Waals surface area contributed by atoms with Gasteiger partial charge in [0, 0.05) is 25.8 Å². The number of aryl methyl sites for hydroxylation is 1. The van der Waals surface area contributed by atoms with E-state index in [1.807, 2.05) is 23.1 Å². The second kappa shape index (κ2) is 8.00. The summed E-state index contributed by atoms with van der Waals surface area (Å²) in [5.41, 5.74) is 3.05. The summed E-state index contributed by atoms with van der Waals surface area (Å²) in [6.45, 7) is 2.34. The van der Waals surface area contributed by atoms with Crippen molar-refractivity contribution in [3.05, 3.63) is 58.8 Å². The standard InChI is InChI=1S/C22H25N3O3/c26-21(18-13-17-5-3-9-23-20(17)24-14-18)25-10-7-15(8-11-25)12-16-4-1-2-6-19(16)22(27)28/h1-2,4,6,13-15H,3,5,7-12H2,(H,23,24)(H,27,28). The number of nitrogens with zero attached hydrogens (tertiary/aromatic N) is 2. The first kappa shape index (κ1) is 18.5. The van der Waals surface area contributed by atoms with Crippen molar-refractivity contribution in [3.63, 3.8) is 0 Å². The molecule has 2 aliphatic rings. The number of carbonyl (C=O) groups excluding carboxylic acids is 1. The molecule has 6 heteroatoms. The number of rotatable bonds is 4. The summed E-state index contributed by atoms with van der Waals surface area (Å²) in [5, 5.41) is 12.6. The minimum absolute atomic E-state index is 0.0465. The first-order chi connectivity index (χ1) is 13.6. The van der Waals surface area contributed by atoms with E-state index in [-0.39, 0.29) is 5.91 Å². The average molecular weight is 379 g/mol. The molecule has 0 unspecified atom stereocenters. The normalized spacial score (nSPS) is 16.9. The largest absolute Gasteiger partial charge is 0.478 e. The second-order valence-corrected chi connectivity index (χ2v) is 7.66. The summed E-state index contributed by atoms with van der Waals surface area (Å²) in [7, 11) is 0. The minimum atomic E-state index is -0.877. The fourth-order valence-corrected chi connectivity index (χ4v) is 4.20. The van der Waals surface area contributed by atoms with Gasteiger partial charge in [-0.2, -0.15) is 0 Å². The molecule has 2 aromatic rings. The van der Waals surface area contributed by atoms with Gasteiger partial charge >= 0.3 is 5.97 Å². The zero-order valence-electron chi connectivity index (χ0n) is 15.9. The van der Waals surface area contributed by atoms with E-state index in [0.29, 0.717) is 30.1 Å². The molecule has 146 valence electrons. The van der Waals surface area contributed by atoms with Crippen LogP contribution in [0.5, 0.6) is 0 Å². The Morgan fingerprint density at radius 2 is 2.00 bits per heavy atom. The highest BCUT2D eigenvalue weighted by Gasteiger charge is 2.25. The van der Waals surface area contributed by atoms with E-state index < -0.39 is 5.97 Å². The number of piperidine rings is 1. The van der Waals surface area contributed by atoms with Crippen LogP contribution in [0.15, 0.2) is 36.5 Å². The molecule has 0 spiro atoms. The molecule has 1 fully saturated rings. The molecule has 2 N–H and O–H groups in total. The molecule has 1 amide bonds. The smallest absolute Gasteiger partial charge is 0.335 e. The molecule has 2 aliphatic heterocycles. The van der Waals surface area contributed by atoms with Crippen LogP contribution in [-0.2, 0) is 12.8 Å². The number of anilines is 1. The summed E-state index contributed by atoms with van der Waals surface area (Å²) in [5.74, 6) is 0.469. The van der Waals surface area contributed by atoms with Gasteiger partial charge in [0.25, 0.3) is 5.91 Å². The van der Waals surface area contributed by atoms with Crippen LogP contribution in [0.1, 0.15) is 51.1 Å². The van der Waals surface area contributed by atoms with Gasteiger partial charge < -0.3 is 15.3 Å². The van der Waals surface area contributed by atoms with E-state index in [0.717, 1.165) is 55.6 Å². The molecular formula is C22H25N3O3. The minimum Gasteiger partial charge on any atom is -0.478 e. The Kier molecular flexibility index (Phi) is 5.28. The van der Waals surface area contributed by atoms with Gasteiger partial charge in [-0.1, -0.05) is 18.2 Å². The number of fused-ring (bicyclic) bond motifs is 1. The van der Waals surface area contributed by atoms with E-state index in [4.69, 9.17) is 0 Å². The molecule has 0 atom stereocenters. The summed E-state index contributed by atoms with van der Waals surface area (Å²) < 4.78 is 0. The fraction of sp³-hybridized carbons (Fsp3) is 0.409. The maximum absolute atomic E-state index is 12.9. The topological polar surface area (TPSA) is 82.5 Å². The van der Waals surface area contributed by atoms with Crippen molar-refractivity contribution < 1.29 is 14.7 Å². The molecule has 0 bridgehead atoms. The number of carbonyl (C=O) groups is 2. The van der Waals surface area contributed by atoms with Crippen LogP contribution >= 0.6 is 0 Å². The first-order valence-corrected chi connectivity index (χ1v) is 9.95. The highest BCUT2D eigenvalue weighted by atomic mass is 16.4. The monoisotopic (exact) mass is 379 g/mol. The predicted octanol–water partition coefficient (Wildman–Crippen LogP) is 3.23. The number of aromatic carboxylic acids is 1. The fourth-order valence-electron chi connectivity index (χ4n) is 4.20. The van der Waals surface area contributed by atoms with E-state index in [1.54, 1.807) is 18.3 Å². The van der Waals surface area contributed by atoms with Gasteiger partial charge in [-0.25, -0.2) is 9.78 Å². The maximum atomic E-state index is 12.9. The van der Waals surface area contributed by atoms with Crippen molar-refractivity contribution in [1.29, 1.82) is 0 Å². The number of nitrogens with one attached hydrogen (secondary N) is 1. The third kappa shape index (κ3) is 3.86. The quantitative estimate of drug-likeness (QED) is 0.852. The van der Waals surface area contributed by atoms with Crippen molar-refractivity contribution in [1.82, 2.24) is 9.88 Å². The Morgan fingerprint density at radius 3 is 2.79 bits per heavy atom. The van der Waals surface area contributed by atoms with Gasteiger partial charge in [0.15, 0.2) is 0 Å². The SMILES string of the molecule is O=C(O)c1ccccc1CC1CCN(C(=O)c2cnc3c(c2)CCCN3)CC1. The number of carboxylic acids is 1. The second-order valence-electron chi connectivity index (χ2n) is 7.66. The first-order valence-electron chi connectivity index (χ1n) is 9.95. The predicted molar refractivity (Wildman–Crippen MR) is 107 cm³/mol. The zero-order valence-corrected chi connectivity index (χ0v) is 15.9. The Labute approximate surface area is 164 Å². The van der Waals surface area contributed by atoms with E-state index in [1.165, 1.54) is 0 Å². The Morgan fingerprint density at radius 1 is 1.21 bits per heavy atom. The number of amides is 1. The molecule has 1 aromatic carbocycles. The molecule has 4 rings (SSSR count). The number of benzene rings is 1. The lowest BCUT2D eigenvalue weighted by Crippen LogP contribution is -2.39. The molecule has 1 aromatic heterocycles. The van der Waals surface area contributed by atoms with Gasteiger partial charge in [0.05, 0.1) is 11.1 Å². The Bertz CT molecular complexity index is 888. The molecule has 0 saturated carbocycles. The van der Waals surface area contributed by atoms with Gasteiger partial charge in [-0.05, 0) is 61.3 Å². The van der Waals surface area contributed by atoms with Crippen LogP contribution in [0.25, 0.3) is 0 Å². The van der Waals surface area contributed by atoms with E-state index >= 15 is 0 Å². The highest BCUT2D eigenvalue weighted by Crippen LogP contribution is 2.26. The molecule has 1 saturated heterocycles. The molecule has 6 nitrogen and oxygen atoms in total. The summed E-state index contributed by atoms with van der Waals surface area (Å²) in [6.07, 6.45) is 6.22. The van der Waals surface area contributed by atoms with E-state index in [2.05, 4.69) is 10.3 Å². The van der Waals surface area contributed by atoms with Crippen LogP contribution < -0.4 is 5.32 Å². The third-order valence-electron chi connectivity index (χ3n) is 5.79. The molecule has 0 radical (unpaired) electrons. The van der Waals surface area contributed by atoms with E-state index in [9.17, 15) is 14.7 Å². The zero-order chi connectivity index (χ0) is 19.5. The number of likely N-dealkylation sites (tertiary alicyclic amines) is 1. The van der Waals surface area contributed by atoms with Crippen LogP contribution in [0.3, 0.4) is 0 Å². The lowest BCUT2D eigenvalue weighted by atomic mass is 9.88. The van der Waals surface area contributed by atoms with Crippen LogP contribution in [0.4, 0.5) is 5.82 Å². The van der Waals surface area contributed by atoms with Crippen molar-refractivity contribution in [3.8, 4) is 0 Å². The number of hydrogen-bond donors (Lipinski definition) is 2. The molecular weight excluding hydrogens is 354 g/mol. The van der Waals surface area contributed by atoms with Gasteiger partial charge in [0.2, 0.25) is 0 Å². The lowest BCUT2D eigenvalue weighted by Gasteiger charge is -2.32. The van der Waals surface area contributed by atoms with Gasteiger partial charge in [-0.15, -0.1) is 0 Å². The summed E-state index contributed by atoms with van der Waals surface area (Å²) in [4.78, 5) is 30.6. The molecule has 3 heterocycles. The number of aromatic nitrogens is 1. The highest BCUT2D eigenvalue weighted by molar-refractivity contribution is 5.94. The van der Waals surface area contributed by atoms with Crippen molar-refractivity contribution >= 4 is 17.7 Å². The van der Waals surface area contributed by atoms with Crippen molar-refractivity contribution in [2.45, 2.75) is 32.1 Å². The average Bonchev–Trinajstić information content (AvgIpc) is 2.73. The third-order valence-corrected chi connectivity index (χ3v) is 5.79. The van der Waals surface area contributed by atoms with Gasteiger partial charge in [-0.3, -0.25) is 4.79 Å². The summed E-state index contributed by atoms with van der Waals surface area (Å²) in [6, 6.07) is 9.18. The number of pyridine rings is 1. The maximum Gasteiger partial charge on any atom is 0.335 e. The van der Waals surface area contributed by atoms with Crippen LogP contribution in [0.2, 0.25) is 0 Å². The van der Waals surface area contributed by atoms with Crippen molar-refractivity contribution in [2.24, 2.45) is 5.92 Å². The van der Waals surface area contributed by atoms with Crippen LogP contribution in [0, 0.1) is 5.92 Å². The van der Waals surface area contributed by atoms with Crippen LogP contribution in [-0.4, -0.2) is 46.5 Å². The van der Waals surface area contributed by atoms with Gasteiger partial charge in [0.1, 0.15) is 5.82 Å². The number of hydrogen-bond acceptors (Lipinski definition) is 4. The molecule has 28 heavy (non-hydrogen) atoms. The van der Waals surface area contributed by atoms with Crippen molar-refractivity contribution in [2.75, 3.05) is 25.0 Å². The Balaban J connectivity index is 1.38. The lowest BCUT2D eigenvalue weighted by molar-refractivity contribution is 0.0690. The summed E-state index contributed by atoms with van der Waals surface area (Å²) >= 11 is 0. The number of carboxylic acid groups (broad SMARTS) is 1. The molecule has 0 aliphatic carbocycles. The Hall–Kier alpha value is -2.89.